The zero-order chi connectivity index (χ0) is 14.5. The average Bonchev–Trinajstić information content (AvgIpc) is 2.49. The van der Waals surface area contributed by atoms with E-state index in [1.807, 2.05) is 42.3 Å². The molecule has 0 radical (unpaired) electrons. The van der Waals surface area contributed by atoms with Crippen molar-refractivity contribution in [3.8, 4) is 0 Å². The van der Waals surface area contributed by atoms with Crippen LogP contribution < -0.4 is 5.73 Å². The number of carbonyl (C=O) groups is 1. The Morgan fingerprint density at radius 1 is 1.27 bits per heavy atom. The highest BCUT2D eigenvalue weighted by Gasteiger charge is 2.30. The van der Waals surface area contributed by atoms with E-state index < -0.39 is 0 Å². The van der Waals surface area contributed by atoms with Crippen LogP contribution in [0.2, 0.25) is 0 Å². The maximum Gasteiger partial charge on any atom is 0.244 e. The van der Waals surface area contributed by atoms with Crippen molar-refractivity contribution in [2.24, 2.45) is 5.73 Å². The summed E-state index contributed by atoms with van der Waals surface area (Å²) in [7, 11) is 2.01. The van der Waals surface area contributed by atoms with Crippen molar-refractivity contribution in [3.63, 3.8) is 0 Å². The molecule has 1 atom stereocenters. The van der Waals surface area contributed by atoms with E-state index in [0.29, 0.717) is 0 Å². The van der Waals surface area contributed by atoms with Crippen LogP contribution in [0.3, 0.4) is 0 Å². The smallest absolute Gasteiger partial charge is 0.244 e. The lowest BCUT2D eigenvalue weighted by Crippen LogP contribution is -2.47. The fourth-order valence-electron chi connectivity index (χ4n) is 2.70. The number of halogens is 2. The number of likely N-dealkylation sites (tertiary alicyclic amines) is 1. The molecule has 1 amide bonds. The number of piperidine rings is 1. The van der Waals surface area contributed by atoms with Gasteiger partial charge in [-0.25, -0.2) is 0 Å². The molecule has 0 aromatic heterocycles. The fraction of sp³-hybridized carbons (Fsp3) is 0.562. The number of nitrogens with two attached hydrogens (primary N) is 1. The Labute approximate surface area is 145 Å². The topological polar surface area (TPSA) is 49.6 Å². The van der Waals surface area contributed by atoms with E-state index in [1.54, 1.807) is 0 Å². The summed E-state index contributed by atoms with van der Waals surface area (Å²) in [5, 5.41) is 0. The van der Waals surface area contributed by atoms with Crippen molar-refractivity contribution >= 4 is 30.7 Å². The average molecular weight is 348 g/mol. The number of amides is 1. The van der Waals surface area contributed by atoms with Gasteiger partial charge in [-0.3, -0.25) is 9.69 Å². The number of carbonyl (C=O) groups excluding carboxylic acids is 1. The third-order valence-corrected chi connectivity index (χ3v) is 4.14. The summed E-state index contributed by atoms with van der Waals surface area (Å²) < 4.78 is 0. The quantitative estimate of drug-likeness (QED) is 0.909. The van der Waals surface area contributed by atoms with Gasteiger partial charge in [0.05, 0.1) is 0 Å². The Balaban J connectivity index is 0.00000220. The molecule has 1 unspecified atom stereocenters. The van der Waals surface area contributed by atoms with Gasteiger partial charge in [0, 0.05) is 19.1 Å². The van der Waals surface area contributed by atoms with Crippen LogP contribution in [-0.4, -0.2) is 48.4 Å². The van der Waals surface area contributed by atoms with Gasteiger partial charge in [-0.05, 0) is 32.0 Å². The lowest BCUT2D eigenvalue weighted by molar-refractivity contribution is -0.137. The molecule has 22 heavy (non-hydrogen) atoms. The van der Waals surface area contributed by atoms with E-state index in [1.165, 1.54) is 0 Å². The molecule has 6 heteroatoms. The second-order valence-electron chi connectivity index (χ2n) is 5.55. The highest BCUT2D eigenvalue weighted by Crippen LogP contribution is 2.23. The van der Waals surface area contributed by atoms with Crippen LogP contribution in [0.4, 0.5) is 0 Å². The highest BCUT2D eigenvalue weighted by atomic mass is 35.5. The molecule has 0 saturated carbocycles. The van der Waals surface area contributed by atoms with Crippen molar-refractivity contribution in [2.75, 3.05) is 26.7 Å². The van der Waals surface area contributed by atoms with Gasteiger partial charge in [-0.1, -0.05) is 37.3 Å². The maximum absolute atomic E-state index is 12.8. The lowest BCUT2D eigenvalue weighted by atomic mass is 10.0. The summed E-state index contributed by atoms with van der Waals surface area (Å²) in [4.78, 5) is 16.9. The Hall–Kier alpha value is -0.810. The predicted octanol–water partition coefficient (Wildman–Crippen LogP) is 2.47. The summed E-state index contributed by atoms with van der Waals surface area (Å²) in [5.41, 5.74) is 6.99. The zero-order valence-corrected chi connectivity index (χ0v) is 14.9. The minimum atomic E-state index is -0.185. The number of nitrogens with zero attached hydrogens (tertiary/aromatic N) is 2. The summed E-state index contributed by atoms with van der Waals surface area (Å²) in [6, 6.07) is 10.1. The van der Waals surface area contributed by atoms with E-state index in [2.05, 4.69) is 11.8 Å². The molecule has 0 aliphatic carbocycles. The third-order valence-electron chi connectivity index (χ3n) is 4.14. The molecule has 2 N–H and O–H groups in total. The first-order valence-corrected chi connectivity index (χ1v) is 7.43. The van der Waals surface area contributed by atoms with Gasteiger partial charge in [0.2, 0.25) is 5.91 Å². The Kier molecular flexibility index (Phi) is 9.69. The molecule has 1 heterocycles. The minimum absolute atomic E-state index is 0. The van der Waals surface area contributed by atoms with Crippen molar-refractivity contribution in [2.45, 2.75) is 31.8 Å². The van der Waals surface area contributed by atoms with E-state index in [-0.39, 0.29) is 42.8 Å². The van der Waals surface area contributed by atoms with E-state index in [9.17, 15) is 4.79 Å². The Bertz CT molecular complexity index is 436. The lowest BCUT2D eigenvalue weighted by Gasteiger charge is -2.35. The Morgan fingerprint density at radius 2 is 1.82 bits per heavy atom. The van der Waals surface area contributed by atoms with Crippen molar-refractivity contribution in [3.05, 3.63) is 35.9 Å². The van der Waals surface area contributed by atoms with Crippen LogP contribution in [0.5, 0.6) is 0 Å². The molecule has 0 spiro atoms. The predicted molar refractivity (Wildman–Crippen MR) is 95.8 cm³/mol. The van der Waals surface area contributed by atoms with Gasteiger partial charge in [-0.2, -0.15) is 0 Å². The van der Waals surface area contributed by atoms with Gasteiger partial charge < -0.3 is 10.6 Å². The number of likely N-dealkylation sites (N-methyl/N-ethyl adjacent to an activating group) is 1. The van der Waals surface area contributed by atoms with Crippen LogP contribution in [0, 0.1) is 0 Å². The van der Waals surface area contributed by atoms with Crippen LogP contribution in [-0.2, 0) is 4.79 Å². The summed E-state index contributed by atoms with van der Waals surface area (Å²) >= 11 is 0. The van der Waals surface area contributed by atoms with Crippen molar-refractivity contribution < 1.29 is 4.79 Å². The second-order valence-corrected chi connectivity index (χ2v) is 5.55. The summed E-state index contributed by atoms with van der Waals surface area (Å²) in [6.07, 6.45) is 1.81. The third kappa shape index (κ3) is 5.13. The van der Waals surface area contributed by atoms with Crippen LogP contribution in [0.15, 0.2) is 30.3 Å². The molecule has 4 nitrogen and oxygen atoms in total. The number of rotatable bonds is 4. The minimum Gasteiger partial charge on any atom is -0.341 e. The normalized spacial score (nSPS) is 16.6. The van der Waals surface area contributed by atoms with E-state index in [0.717, 1.165) is 38.0 Å². The monoisotopic (exact) mass is 347 g/mol. The Morgan fingerprint density at radius 3 is 2.32 bits per heavy atom. The number of hydrogen-bond donors (Lipinski definition) is 1. The molecule has 1 aliphatic heterocycles. The van der Waals surface area contributed by atoms with Crippen molar-refractivity contribution in [1.82, 2.24) is 9.80 Å². The SMILES string of the molecule is CCN(C)C(C(=O)N1CCC(N)CC1)c1ccccc1.Cl.Cl. The summed E-state index contributed by atoms with van der Waals surface area (Å²) in [5.74, 6) is 0.201. The molecule has 126 valence electrons. The second kappa shape index (κ2) is 10.1. The molecule has 0 bridgehead atoms. The van der Waals surface area contributed by atoms with Gasteiger partial charge in [0.15, 0.2) is 0 Å². The molecule has 2 rings (SSSR count). The van der Waals surface area contributed by atoms with E-state index in [4.69, 9.17) is 5.73 Å². The van der Waals surface area contributed by atoms with Crippen LogP contribution in [0.1, 0.15) is 31.4 Å². The molecule has 1 saturated heterocycles. The summed E-state index contributed by atoms with van der Waals surface area (Å²) in [6.45, 7) is 4.48. The first-order chi connectivity index (χ1) is 9.63. The number of benzene rings is 1. The molecule has 1 fully saturated rings. The van der Waals surface area contributed by atoms with Gasteiger partial charge >= 0.3 is 0 Å². The molecule has 1 aromatic carbocycles. The van der Waals surface area contributed by atoms with E-state index >= 15 is 0 Å². The standard InChI is InChI=1S/C16H25N3O.2ClH/c1-3-18(2)15(13-7-5-4-6-8-13)16(20)19-11-9-14(17)10-12-19;;/h4-8,14-15H,3,9-12,17H2,1-2H3;2*1H. The first-order valence-electron chi connectivity index (χ1n) is 7.43. The fourth-order valence-corrected chi connectivity index (χ4v) is 2.70. The van der Waals surface area contributed by atoms with Gasteiger partial charge in [0.1, 0.15) is 6.04 Å². The molecule has 1 aromatic rings. The molecular formula is C16H27Cl2N3O. The maximum atomic E-state index is 12.8. The van der Waals surface area contributed by atoms with Crippen molar-refractivity contribution in [1.29, 1.82) is 0 Å². The highest BCUT2D eigenvalue weighted by molar-refractivity contribution is 5.85. The van der Waals surface area contributed by atoms with Crippen LogP contribution >= 0.6 is 24.8 Å². The molecule has 1 aliphatic rings. The van der Waals surface area contributed by atoms with Gasteiger partial charge in [0.25, 0.3) is 0 Å². The largest absolute Gasteiger partial charge is 0.341 e. The first kappa shape index (κ1) is 21.2. The zero-order valence-electron chi connectivity index (χ0n) is 13.3. The molecular weight excluding hydrogens is 321 g/mol. The van der Waals surface area contributed by atoms with Gasteiger partial charge in [-0.15, -0.1) is 24.8 Å². The van der Waals surface area contributed by atoms with Crippen LogP contribution in [0.25, 0.3) is 0 Å². The number of hydrogen-bond acceptors (Lipinski definition) is 3.